The molecule has 0 aliphatic carbocycles. The number of sulfonamides is 1. The van der Waals surface area contributed by atoms with Gasteiger partial charge in [-0.25, -0.2) is 13.1 Å². The quantitative estimate of drug-likeness (QED) is 0.506. The first kappa shape index (κ1) is 22.4. The average molecular weight is 387 g/mol. The van der Waals surface area contributed by atoms with Crippen LogP contribution in [0.15, 0.2) is 29.2 Å². The van der Waals surface area contributed by atoms with E-state index in [0.29, 0.717) is 25.4 Å². The van der Waals surface area contributed by atoms with Crippen molar-refractivity contribution in [3.8, 4) is 5.75 Å². The maximum Gasteiger partial charge on any atom is 0.257 e. The van der Waals surface area contributed by atoms with Gasteiger partial charge in [0.1, 0.15) is 5.75 Å². The Labute approximate surface area is 156 Å². The summed E-state index contributed by atoms with van der Waals surface area (Å²) in [5, 5.41) is 2.74. The molecular weight excluding hydrogens is 356 g/mol. The number of ether oxygens (including phenoxy) is 2. The number of hydrogen-bond acceptors (Lipinski definition) is 5. The molecule has 0 fully saturated rings. The van der Waals surface area contributed by atoms with E-state index in [1.54, 1.807) is 0 Å². The van der Waals surface area contributed by atoms with Gasteiger partial charge in [0.15, 0.2) is 6.61 Å². The van der Waals surface area contributed by atoms with Crippen molar-refractivity contribution >= 4 is 15.9 Å². The van der Waals surface area contributed by atoms with Gasteiger partial charge in [0.05, 0.1) is 11.0 Å². The minimum Gasteiger partial charge on any atom is -0.484 e. The molecule has 0 bridgehead atoms. The van der Waals surface area contributed by atoms with Gasteiger partial charge >= 0.3 is 0 Å². The van der Waals surface area contributed by atoms with Crippen LogP contribution in [-0.2, 0) is 19.6 Å². The third-order valence-electron chi connectivity index (χ3n) is 3.42. The van der Waals surface area contributed by atoms with Crippen LogP contribution >= 0.6 is 0 Å². The molecule has 1 aromatic carbocycles. The number of benzene rings is 1. The number of rotatable bonds is 13. The molecule has 0 atom stereocenters. The van der Waals surface area contributed by atoms with Crippen molar-refractivity contribution in [1.29, 1.82) is 0 Å². The Morgan fingerprint density at radius 2 is 1.81 bits per heavy atom. The Morgan fingerprint density at radius 3 is 2.42 bits per heavy atom. The summed E-state index contributed by atoms with van der Waals surface area (Å²) in [6.45, 7) is 7.34. The van der Waals surface area contributed by atoms with Gasteiger partial charge in [-0.15, -0.1) is 0 Å². The van der Waals surface area contributed by atoms with E-state index in [2.05, 4.69) is 10.0 Å². The molecule has 8 heteroatoms. The van der Waals surface area contributed by atoms with Gasteiger partial charge in [-0.1, -0.05) is 13.3 Å². The zero-order valence-corrected chi connectivity index (χ0v) is 16.6. The summed E-state index contributed by atoms with van der Waals surface area (Å²) < 4.78 is 37.4. The smallest absolute Gasteiger partial charge is 0.257 e. The van der Waals surface area contributed by atoms with Gasteiger partial charge in [0.2, 0.25) is 10.0 Å². The fourth-order valence-corrected chi connectivity index (χ4v) is 3.07. The molecule has 2 N–H and O–H groups in total. The first-order chi connectivity index (χ1) is 12.3. The van der Waals surface area contributed by atoms with E-state index in [0.717, 1.165) is 19.3 Å². The summed E-state index contributed by atoms with van der Waals surface area (Å²) in [6, 6.07) is 6.01. The van der Waals surface area contributed by atoms with Gasteiger partial charge in [-0.2, -0.15) is 0 Å². The second-order valence-corrected chi connectivity index (χ2v) is 7.90. The highest BCUT2D eigenvalue weighted by Gasteiger charge is 2.13. The van der Waals surface area contributed by atoms with Gasteiger partial charge in [-0.05, 0) is 51.0 Å². The normalized spacial score (nSPS) is 11.5. The van der Waals surface area contributed by atoms with Crippen LogP contribution in [0, 0.1) is 0 Å². The highest BCUT2D eigenvalue weighted by molar-refractivity contribution is 7.89. The molecule has 1 aromatic rings. The first-order valence-electron chi connectivity index (χ1n) is 8.96. The van der Waals surface area contributed by atoms with Crippen LogP contribution in [0.1, 0.15) is 40.0 Å². The minimum absolute atomic E-state index is 0.119. The van der Waals surface area contributed by atoms with Gasteiger partial charge in [-0.3, -0.25) is 4.79 Å². The van der Waals surface area contributed by atoms with Crippen LogP contribution in [0.4, 0.5) is 0 Å². The maximum atomic E-state index is 12.1. The Bertz CT molecular complexity index is 629. The molecule has 0 unspecified atom stereocenters. The summed E-state index contributed by atoms with van der Waals surface area (Å²) in [6.07, 6.45) is 2.63. The maximum absolute atomic E-state index is 12.1. The highest BCUT2D eigenvalue weighted by atomic mass is 32.2. The van der Waals surface area contributed by atoms with Crippen molar-refractivity contribution in [2.24, 2.45) is 0 Å². The molecule has 26 heavy (non-hydrogen) atoms. The van der Waals surface area contributed by atoms with Crippen LogP contribution in [0.25, 0.3) is 0 Å². The molecule has 1 rings (SSSR count). The predicted octanol–water partition coefficient (Wildman–Crippen LogP) is 2.08. The standard InChI is InChI=1S/C18H30N2O5S/c1-4-5-12-20-26(22,23)17-9-7-16(8-10-17)25-14-18(21)19-11-6-13-24-15(2)3/h7-10,15,20H,4-6,11-14H2,1-3H3,(H,19,21). The Balaban J connectivity index is 2.34. The van der Waals surface area contributed by atoms with Crippen molar-refractivity contribution in [3.63, 3.8) is 0 Å². The summed E-state index contributed by atoms with van der Waals surface area (Å²) in [7, 11) is -3.50. The van der Waals surface area contributed by atoms with E-state index in [4.69, 9.17) is 9.47 Å². The van der Waals surface area contributed by atoms with Crippen molar-refractivity contribution in [2.45, 2.75) is 51.0 Å². The van der Waals surface area contributed by atoms with Crippen molar-refractivity contribution < 1.29 is 22.7 Å². The first-order valence-corrected chi connectivity index (χ1v) is 10.4. The molecule has 0 aromatic heterocycles. The van der Waals surface area contributed by atoms with Crippen LogP contribution in [0.2, 0.25) is 0 Å². The Morgan fingerprint density at radius 1 is 1.12 bits per heavy atom. The molecule has 7 nitrogen and oxygen atoms in total. The minimum atomic E-state index is -3.50. The Kier molecular flexibility index (Phi) is 10.2. The van der Waals surface area contributed by atoms with Crippen molar-refractivity contribution in [2.75, 3.05) is 26.3 Å². The lowest BCUT2D eigenvalue weighted by atomic mass is 10.3. The molecule has 0 heterocycles. The van der Waals surface area contributed by atoms with Gasteiger partial charge in [0.25, 0.3) is 5.91 Å². The van der Waals surface area contributed by atoms with E-state index in [-0.39, 0.29) is 23.5 Å². The van der Waals surface area contributed by atoms with E-state index in [1.807, 2.05) is 20.8 Å². The average Bonchev–Trinajstić information content (AvgIpc) is 2.60. The largest absolute Gasteiger partial charge is 0.484 e. The van der Waals surface area contributed by atoms with E-state index < -0.39 is 10.0 Å². The van der Waals surface area contributed by atoms with Crippen LogP contribution in [0.5, 0.6) is 5.75 Å². The Hall–Kier alpha value is -1.64. The zero-order chi connectivity index (χ0) is 19.4. The zero-order valence-electron chi connectivity index (χ0n) is 15.8. The van der Waals surface area contributed by atoms with E-state index >= 15 is 0 Å². The monoisotopic (exact) mass is 386 g/mol. The summed E-state index contributed by atoms with van der Waals surface area (Å²) in [5.74, 6) is 0.211. The SMILES string of the molecule is CCCCNS(=O)(=O)c1ccc(OCC(=O)NCCCOC(C)C)cc1. The number of carbonyl (C=O) groups excluding carboxylic acids is 1. The number of hydrogen-bond donors (Lipinski definition) is 2. The second kappa shape index (κ2) is 11.9. The molecular formula is C18H30N2O5S. The number of unbranched alkanes of at least 4 members (excludes halogenated alkanes) is 1. The molecule has 148 valence electrons. The third kappa shape index (κ3) is 9.17. The third-order valence-corrected chi connectivity index (χ3v) is 4.90. The lowest BCUT2D eigenvalue weighted by molar-refractivity contribution is -0.123. The fraction of sp³-hybridized carbons (Fsp3) is 0.611. The van der Waals surface area contributed by atoms with E-state index in [9.17, 15) is 13.2 Å². The molecule has 0 saturated heterocycles. The second-order valence-electron chi connectivity index (χ2n) is 6.13. The van der Waals surface area contributed by atoms with Crippen molar-refractivity contribution in [1.82, 2.24) is 10.0 Å². The van der Waals surface area contributed by atoms with Gasteiger partial charge in [0, 0.05) is 19.7 Å². The lowest BCUT2D eigenvalue weighted by Crippen LogP contribution is -2.30. The van der Waals surface area contributed by atoms with E-state index in [1.165, 1.54) is 24.3 Å². The predicted molar refractivity (Wildman–Crippen MR) is 101 cm³/mol. The molecule has 1 amide bonds. The van der Waals surface area contributed by atoms with Crippen LogP contribution in [0.3, 0.4) is 0 Å². The number of carbonyl (C=O) groups is 1. The number of amides is 1. The highest BCUT2D eigenvalue weighted by Crippen LogP contribution is 2.15. The fourth-order valence-electron chi connectivity index (χ4n) is 2.00. The summed E-state index contributed by atoms with van der Waals surface area (Å²) in [5.41, 5.74) is 0. The molecule has 0 radical (unpaired) electrons. The summed E-state index contributed by atoms with van der Waals surface area (Å²) >= 11 is 0. The molecule has 0 aliphatic heterocycles. The van der Waals surface area contributed by atoms with Gasteiger partial charge < -0.3 is 14.8 Å². The lowest BCUT2D eigenvalue weighted by Gasteiger charge is -2.10. The summed E-state index contributed by atoms with van der Waals surface area (Å²) in [4.78, 5) is 11.9. The van der Waals surface area contributed by atoms with Crippen molar-refractivity contribution in [3.05, 3.63) is 24.3 Å². The topological polar surface area (TPSA) is 93.7 Å². The molecule has 0 aliphatic rings. The number of nitrogens with one attached hydrogen (secondary N) is 2. The van der Waals surface area contributed by atoms with Crippen LogP contribution in [-0.4, -0.2) is 46.7 Å². The molecule has 0 saturated carbocycles. The molecule has 0 spiro atoms. The van der Waals surface area contributed by atoms with Crippen LogP contribution < -0.4 is 14.8 Å².